The lowest BCUT2D eigenvalue weighted by atomic mass is 10.0. The Bertz CT molecular complexity index is 230. The van der Waals surface area contributed by atoms with Crippen molar-refractivity contribution < 1.29 is 14.6 Å². The largest absolute Gasteiger partial charge is 0.396 e. The van der Waals surface area contributed by atoms with Gasteiger partial charge in [0.15, 0.2) is 0 Å². The molecule has 5 heteroatoms. The fourth-order valence-electron chi connectivity index (χ4n) is 1.69. The number of hydrogen-bond acceptors (Lipinski definition) is 4. The van der Waals surface area contributed by atoms with Gasteiger partial charge in [-0.25, -0.2) is 0 Å². The van der Waals surface area contributed by atoms with Gasteiger partial charge in [-0.15, -0.1) is 0 Å². The van der Waals surface area contributed by atoms with Gasteiger partial charge in [0, 0.05) is 26.2 Å². The number of hydrogen-bond donors (Lipinski definition) is 3. The fraction of sp³-hybridized carbons (Fsp3) is 0.917. The van der Waals surface area contributed by atoms with Crippen LogP contribution >= 0.6 is 0 Å². The molecular weight excluding hydrogens is 220 g/mol. The second-order valence-electron chi connectivity index (χ2n) is 4.83. The molecule has 0 aliphatic carbocycles. The molecule has 0 bridgehead atoms. The standard InChI is InChI=1S/C12H24N2O3/c1-12(9-13-10-12)17-8-11(16)14-6-4-2-3-5-7-15/h13,15H,2-10H2,1H3,(H,14,16). The minimum atomic E-state index is -0.154. The number of aliphatic hydroxyl groups excluding tert-OH is 1. The lowest BCUT2D eigenvalue weighted by Crippen LogP contribution is -2.59. The van der Waals surface area contributed by atoms with Crippen molar-refractivity contribution in [3.05, 3.63) is 0 Å². The Kier molecular flexibility index (Phi) is 6.47. The molecule has 17 heavy (non-hydrogen) atoms. The number of amides is 1. The Labute approximate surface area is 103 Å². The molecule has 1 rings (SSSR count). The van der Waals surface area contributed by atoms with Crippen LogP contribution in [0.3, 0.4) is 0 Å². The molecule has 1 fully saturated rings. The average Bonchev–Trinajstić information content (AvgIpc) is 2.28. The summed E-state index contributed by atoms with van der Waals surface area (Å²) in [5.41, 5.74) is -0.154. The van der Waals surface area contributed by atoms with Crippen molar-refractivity contribution in [1.82, 2.24) is 10.6 Å². The third kappa shape index (κ3) is 6.00. The maximum atomic E-state index is 11.4. The van der Waals surface area contributed by atoms with Gasteiger partial charge in [0.2, 0.25) is 5.91 Å². The van der Waals surface area contributed by atoms with Gasteiger partial charge >= 0.3 is 0 Å². The van der Waals surface area contributed by atoms with Crippen LogP contribution in [0.15, 0.2) is 0 Å². The summed E-state index contributed by atoms with van der Waals surface area (Å²) in [6, 6.07) is 0. The molecule has 5 nitrogen and oxygen atoms in total. The van der Waals surface area contributed by atoms with Crippen molar-refractivity contribution in [3.8, 4) is 0 Å². The molecule has 1 amide bonds. The van der Waals surface area contributed by atoms with Gasteiger partial charge < -0.3 is 20.5 Å². The van der Waals surface area contributed by atoms with Crippen LogP contribution in [0.1, 0.15) is 32.6 Å². The molecule has 0 aromatic heterocycles. The zero-order chi connectivity index (χ0) is 12.6. The van der Waals surface area contributed by atoms with Crippen LogP contribution in [-0.4, -0.2) is 49.5 Å². The van der Waals surface area contributed by atoms with Crippen LogP contribution in [0.5, 0.6) is 0 Å². The molecule has 1 saturated heterocycles. The molecule has 1 aliphatic heterocycles. The van der Waals surface area contributed by atoms with Gasteiger partial charge in [-0.1, -0.05) is 12.8 Å². The van der Waals surface area contributed by atoms with Crippen LogP contribution in [0.25, 0.3) is 0 Å². The molecule has 0 aromatic carbocycles. The van der Waals surface area contributed by atoms with Crippen LogP contribution in [0.2, 0.25) is 0 Å². The van der Waals surface area contributed by atoms with Gasteiger partial charge in [-0.2, -0.15) is 0 Å². The Hall–Kier alpha value is -0.650. The van der Waals surface area contributed by atoms with Crippen LogP contribution in [0.4, 0.5) is 0 Å². The van der Waals surface area contributed by atoms with Gasteiger partial charge in [-0.05, 0) is 19.8 Å². The first-order valence-corrected chi connectivity index (χ1v) is 6.38. The Morgan fingerprint density at radius 3 is 2.65 bits per heavy atom. The first-order valence-electron chi connectivity index (χ1n) is 6.38. The highest BCUT2D eigenvalue weighted by Gasteiger charge is 2.32. The van der Waals surface area contributed by atoms with E-state index in [1.807, 2.05) is 6.92 Å². The number of carbonyl (C=O) groups excluding carboxylic acids is 1. The SMILES string of the molecule is CC1(OCC(=O)NCCCCCCO)CNC1. The van der Waals surface area contributed by atoms with E-state index in [1.165, 1.54) is 0 Å². The van der Waals surface area contributed by atoms with Crippen molar-refractivity contribution in [1.29, 1.82) is 0 Å². The molecule has 100 valence electrons. The number of carbonyl (C=O) groups is 1. The highest BCUT2D eigenvalue weighted by molar-refractivity contribution is 5.77. The van der Waals surface area contributed by atoms with Crippen molar-refractivity contribution in [2.75, 3.05) is 32.8 Å². The Morgan fingerprint density at radius 1 is 1.35 bits per heavy atom. The van der Waals surface area contributed by atoms with E-state index in [4.69, 9.17) is 9.84 Å². The number of ether oxygens (including phenoxy) is 1. The predicted octanol–water partition coefficient (Wildman–Crippen LogP) is 0.0338. The van der Waals surface area contributed by atoms with E-state index in [2.05, 4.69) is 10.6 Å². The van der Waals surface area contributed by atoms with E-state index in [0.29, 0.717) is 6.54 Å². The summed E-state index contributed by atoms with van der Waals surface area (Å²) >= 11 is 0. The van der Waals surface area contributed by atoms with Crippen molar-refractivity contribution in [2.24, 2.45) is 0 Å². The number of rotatable bonds is 9. The molecule has 0 spiro atoms. The summed E-state index contributed by atoms with van der Waals surface area (Å²) in [7, 11) is 0. The maximum absolute atomic E-state index is 11.4. The summed E-state index contributed by atoms with van der Waals surface area (Å²) < 4.78 is 5.52. The summed E-state index contributed by atoms with van der Waals surface area (Å²) in [5, 5.41) is 14.5. The summed E-state index contributed by atoms with van der Waals surface area (Å²) in [6.45, 7) is 4.75. The molecule has 0 saturated carbocycles. The Balaban J connectivity index is 1.90. The van der Waals surface area contributed by atoms with Crippen LogP contribution in [0, 0.1) is 0 Å². The lowest BCUT2D eigenvalue weighted by molar-refractivity contribution is -0.135. The highest BCUT2D eigenvalue weighted by atomic mass is 16.5. The van der Waals surface area contributed by atoms with Crippen molar-refractivity contribution >= 4 is 5.91 Å². The first-order chi connectivity index (χ1) is 8.16. The normalized spacial score (nSPS) is 17.5. The number of unbranched alkanes of at least 4 members (excludes halogenated alkanes) is 3. The van der Waals surface area contributed by atoms with E-state index in [0.717, 1.165) is 38.8 Å². The Morgan fingerprint density at radius 2 is 2.06 bits per heavy atom. The summed E-state index contributed by atoms with van der Waals surface area (Å²) in [6.07, 6.45) is 3.88. The highest BCUT2D eigenvalue weighted by Crippen LogP contribution is 2.14. The van der Waals surface area contributed by atoms with E-state index in [9.17, 15) is 4.79 Å². The minimum absolute atomic E-state index is 0.0414. The van der Waals surface area contributed by atoms with Crippen LogP contribution in [-0.2, 0) is 9.53 Å². The van der Waals surface area contributed by atoms with Gasteiger partial charge in [-0.3, -0.25) is 4.79 Å². The molecule has 3 N–H and O–H groups in total. The molecule has 0 aromatic rings. The zero-order valence-electron chi connectivity index (χ0n) is 10.6. The quantitative estimate of drug-likeness (QED) is 0.501. The molecule has 1 aliphatic rings. The number of nitrogens with one attached hydrogen (secondary N) is 2. The second kappa shape index (κ2) is 7.63. The predicted molar refractivity (Wildman–Crippen MR) is 65.8 cm³/mol. The van der Waals surface area contributed by atoms with Gasteiger partial charge in [0.1, 0.15) is 6.61 Å². The first kappa shape index (κ1) is 14.4. The third-order valence-electron chi connectivity index (χ3n) is 2.96. The molecule has 0 atom stereocenters. The monoisotopic (exact) mass is 244 g/mol. The van der Waals surface area contributed by atoms with E-state index in [-0.39, 0.29) is 24.7 Å². The molecule has 0 radical (unpaired) electrons. The molecular formula is C12H24N2O3. The van der Waals surface area contributed by atoms with Gasteiger partial charge in [0.25, 0.3) is 0 Å². The van der Waals surface area contributed by atoms with E-state index >= 15 is 0 Å². The number of aliphatic hydroxyl groups is 1. The maximum Gasteiger partial charge on any atom is 0.246 e. The topological polar surface area (TPSA) is 70.6 Å². The third-order valence-corrected chi connectivity index (χ3v) is 2.96. The van der Waals surface area contributed by atoms with Crippen molar-refractivity contribution in [3.63, 3.8) is 0 Å². The zero-order valence-corrected chi connectivity index (χ0v) is 10.6. The summed E-state index contributed by atoms with van der Waals surface area (Å²) in [5.74, 6) is -0.0414. The smallest absolute Gasteiger partial charge is 0.246 e. The van der Waals surface area contributed by atoms with Crippen molar-refractivity contribution in [2.45, 2.75) is 38.2 Å². The van der Waals surface area contributed by atoms with E-state index < -0.39 is 0 Å². The average molecular weight is 244 g/mol. The van der Waals surface area contributed by atoms with Gasteiger partial charge in [0.05, 0.1) is 5.60 Å². The molecule has 1 heterocycles. The molecule has 0 unspecified atom stereocenters. The fourth-order valence-corrected chi connectivity index (χ4v) is 1.69. The minimum Gasteiger partial charge on any atom is -0.396 e. The summed E-state index contributed by atoms with van der Waals surface area (Å²) in [4.78, 5) is 11.4. The second-order valence-corrected chi connectivity index (χ2v) is 4.83. The van der Waals surface area contributed by atoms with E-state index in [1.54, 1.807) is 0 Å². The van der Waals surface area contributed by atoms with Crippen LogP contribution < -0.4 is 10.6 Å². The lowest BCUT2D eigenvalue weighted by Gasteiger charge is -2.38.